The lowest BCUT2D eigenvalue weighted by atomic mass is 9.97. The standard InChI is InChI=1S/C21H25NO2/c1-14(2)12-22-13-19(10-17-7-5-6-15(3)16(17)4)24-21-9-8-18(23)11-20(21)22/h5-9,11,19,23H,1,10,12-13H2,2-4H3. The Morgan fingerprint density at radius 1 is 1.29 bits per heavy atom. The smallest absolute Gasteiger partial charge is 0.143 e. The zero-order chi connectivity index (χ0) is 17.3. The Morgan fingerprint density at radius 2 is 2.08 bits per heavy atom. The van der Waals surface area contributed by atoms with E-state index in [-0.39, 0.29) is 11.9 Å². The molecule has 0 bridgehead atoms. The minimum Gasteiger partial charge on any atom is -0.508 e. The van der Waals surface area contributed by atoms with Gasteiger partial charge in [-0.25, -0.2) is 0 Å². The van der Waals surface area contributed by atoms with Crippen molar-refractivity contribution in [2.45, 2.75) is 33.3 Å². The minimum atomic E-state index is 0.0851. The third-order valence-corrected chi connectivity index (χ3v) is 4.63. The number of hydrogen-bond donors (Lipinski definition) is 1. The van der Waals surface area contributed by atoms with Crippen LogP contribution in [0.15, 0.2) is 48.6 Å². The number of benzene rings is 2. The third kappa shape index (κ3) is 3.40. The molecule has 1 heterocycles. The minimum absolute atomic E-state index is 0.0851. The van der Waals surface area contributed by atoms with Crippen LogP contribution in [0.25, 0.3) is 0 Å². The maximum atomic E-state index is 9.80. The number of nitrogens with zero attached hydrogens (tertiary/aromatic N) is 1. The second-order valence-corrected chi connectivity index (χ2v) is 6.79. The first-order chi connectivity index (χ1) is 11.4. The van der Waals surface area contributed by atoms with Gasteiger partial charge in [0.25, 0.3) is 0 Å². The predicted octanol–water partition coefficient (Wildman–Crippen LogP) is 4.40. The Kier molecular flexibility index (Phi) is 4.52. The molecule has 1 atom stereocenters. The largest absolute Gasteiger partial charge is 0.508 e. The fourth-order valence-corrected chi connectivity index (χ4v) is 3.27. The van der Waals surface area contributed by atoms with Crippen molar-refractivity contribution in [2.24, 2.45) is 0 Å². The van der Waals surface area contributed by atoms with E-state index in [9.17, 15) is 5.11 Å². The van der Waals surface area contributed by atoms with Crippen LogP contribution in [-0.2, 0) is 6.42 Å². The first kappa shape index (κ1) is 16.4. The van der Waals surface area contributed by atoms with Crippen LogP contribution in [-0.4, -0.2) is 24.3 Å². The molecule has 0 radical (unpaired) electrons. The Morgan fingerprint density at radius 3 is 2.83 bits per heavy atom. The number of ether oxygens (including phenoxy) is 1. The van der Waals surface area contributed by atoms with Gasteiger partial charge < -0.3 is 14.7 Å². The van der Waals surface area contributed by atoms with E-state index in [1.807, 2.05) is 13.0 Å². The summed E-state index contributed by atoms with van der Waals surface area (Å²) in [4.78, 5) is 2.25. The quantitative estimate of drug-likeness (QED) is 0.847. The summed E-state index contributed by atoms with van der Waals surface area (Å²) in [6.45, 7) is 11.9. The van der Waals surface area contributed by atoms with Crippen LogP contribution in [0.5, 0.6) is 11.5 Å². The summed E-state index contributed by atoms with van der Waals surface area (Å²) in [6.07, 6.45) is 0.961. The van der Waals surface area contributed by atoms with Crippen LogP contribution >= 0.6 is 0 Å². The second-order valence-electron chi connectivity index (χ2n) is 6.79. The van der Waals surface area contributed by atoms with Crippen molar-refractivity contribution in [3.05, 3.63) is 65.2 Å². The fraction of sp³-hybridized carbons (Fsp3) is 0.333. The number of aromatic hydroxyl groups is 1. The van der Waals surface area contributed by atoms with Crippen molar-refractivity contribution >= 4 is 5.69 Å². The first-order valence-electron chi connectivity index (χ1n) is 8.38. The molecule has 3 rings (SSSR count). The topological polar surface area (TPSA) is 32.7 Å². The van der Waals surface area contributed by atoms with E-state index in [1.54, 1.807) is 12.1 Å². The highest BCUT2D eigenvalue weighted by molar-refractivity contribution is 5.63. The molecule has 3 nitrogen and oxygen atoms in total. The van der Waals surface area contributed by atoms with Crippen LogP contribution in [0.4, 0.5) is 5.69 Å². The molecule has 1 unspecified atom stereocenters. The maximum absolute atomic E-state index is 9.80. The molecule has 24 heavy (non-hydrogen) atoms. The SMILES string of the molecule is C=C(C)CN1CC(Cc2cccc(C)c2C)Oc2ccc(O)cc21. The van der Waals surface area contributed by atoms with E-state index in [4.69, 9.17) is 4.74 Å². The highest BCUT2D eigenvalue weighted by Gasteiger charge is 2.26. The normalized spacial score (nSPS) is 16.5. The average Bonchev–Trinajstić information content (AvgIpc) is 2.52. The zero-order valence-corrected chi connectivity index (χ0v) is 14.7. The monoisotopic (exact) mass is 323 g/mol. The van der Waals surface area contributed by atoms with Gasteiger partial charge in [-0.1, -0.05) is 30.4 Å². The van der Waals surface area contributed by atoms with E-state index in [0.29, 0.717) is 0 Å². The van der Waals surface area contributed by atoms with Crippen molar-refractivity contribution in [3.8, 4) is 11.5 Å². The number of fused-ring (bicyclic) bond motifs is 1. The van der Waals surface area contributed by atoms with E-state index < -0.39 is 0 Å². The average molecular weight is 323 g/mol. The highest BCUT2D eigenvalue weighted by Crippen LogP contribution is 2.37. The summed E-state index contributed by atoms with van der Waals surface area (Å²) < 4.78 is 6.22. The number of rotatable bonds is 4. The van der Waals surface area contributed by atoms with Gasteiger partial charge in [0.15, 0.2) is 0 Å². The molecule has 0 fully saturated rings. The molecule has 1 aliphatic heterocycles. The summed E-state index contributed by atoms with van der Waals surface area (Å²) in [5.41, 5.74) is 6.01. The summed E-state index contributed by atoms with van der Waals surface area (Å²) in [5.74, 6) is 1.09. The van der Waals surface area contributed by atoms with Crippen LogP contribution < -0.4 is 9.64 Å². The Balaban J connectivity index is 1.87. The van der Waals surface area contributed by atoms with Crippen LogP contribution in [0.3, 0.4) is 0 Å². The number of aryl methyl sites for hydroxylation is 1. The van der Waals surface area contributed by atoms with Crippen molar-refractivity contribution in [1.29, 1.82) is 0 Å². The second kappa shape index (κ2) is 6.60. The molecular weight excluding hydrogens is 298 g/mol. The molecular formula is C21H25NO2. The summed E-state index contributed by atoms with van der Waals surface area (Å²) in [7, 11) is 0. The van der Waals surface area contributed by atoms with Crippen molar-refractivity contribution in [2.75, 3.05) is 18.0 Å². The molecule has 126 valence electrons. The number of phenolic OH excluding ortho intramolecular Hbond substituents is 1. The van der Waals surface area contributed by atoms with Gasteiger partial charge in [0.2, 0.25) is 0 Å². The molecule has 0 amide bonds. The number of phenols is 1. The summed E-state index contributed by atoms with van der Waals surface area (Å²) in [5, 5.41) is 9.80. The molecule has 0 aromatic heterocycles. The maximum Gasteiger partial charge on any atom is 0.143 e. The Labute approximate surface area is 144 Å². The zero-order valence-electron chi connectivity index (χ0n) is 14.7. The van der Waals surface area contributed by atoms with Gasteiger partial charge in [0.05, 0.1) is 12.2 Å². The number of hydrogen-bond acceptors (Lipinski definition) is 3. The molecule has 0 spiro atoms. The van der Waals surface area contributed by atoms with Gasteiger partial charge in [-0.3, -0.25) is 0 Å². The van der Waals surface area contributed by atoms with E-state index in [0.717, 1.165) is 36.5 Å². The first-order valence-corrected chi connectivity index (χ1v) is 8.38. The van der Waals surface area contributed by atoms with Gasteiger partial charge in [-0.2, -0.15) is 0 Å². The molecule has 2 aromatic carbocycles. The highest BCUT2D eigenvalue weighted by atomic mass is 16.5. The van der Waals surface area contributed by atoms with E-state index in [1.165, 1.54) is 16.7 Å². The lowest BCUT2D eigenvalue weighted by Crippen LogP contribution is -2.42. The third-order valence-electron chi connectivity index (χ3n) is 4.63. The molecule has 2 aromatic rings. The Bertz CT molecular complexity index is 766. The van der Waals surface area contributed by atoms with Crippen molar-refractivity contribution in [3.63, 3.8) is 0 Å². The van der Waals surface area contributed by atoms with E-state index >= 15 is 0 Å². The van der Waals surface area contributed by atoms with Gasteiger partial charge in [0, 0.05) is 19.0 Å². The predicted molar refractivity (Wildman–Crippen MR) is 99.2 cm³/mol. The lowest BCUT2D eigenvalue weighted by molar-refractivity contribution is 0.194. The molecule has 1 N–H and O–H groups in total. The van der Waals surface area contributed by atoms with Gasteiger partial charge in [-0.05, 0) is 49.6 Å². The molecule has 0 saturated carbocycles. The summed E-state index contributed by atoms with van der Waals surface area (Å²) in [6, 6.07) is 11.7. The molecule has 1 aliphatic rings. The number of anilines is 1. The van der Waals surface area contributed by atoms with Crippen LogP contribution in [0.2, 0.25) is 0 Å². The fourth-order valence-electron chi connectivity index (χ4n) is 3.27. The molecule has 0 aliphatic carbocycles. The van der Waals surface area contributed by atoms with Crippen molar-refractivity contribution in [1.82, 2.24) is 0 Å². The molecule has 3 heteroatoms. The van der Waals surface area contributed by atoms with E-state index in [2.05, 4.69) is 43.5 Å². The summed E-state index contributed by atoms with van der Waals surface area (Å²) >= 11 is 0. The Hall–Kier alpha value is -2.42. The van der Waals surface area contributed by atoms with Crippen LogP contribution in [0, 0.1) is 13.8 Å². The lowest BCUT2D eigenvalue weighted by Gasteiger charge is -2.37. The van der Waals surface area contributed by atoms with Gasteiger partial charge in [-0.15, -0.1) is 0 Å². The van der Waals surface area contributed by atoms with Gasteiger partial charge >= 0.3 is 0 Å². The van der Waals surface area contributed by atoms with Gasteiger partial charge in [0.1, 0.15) is 17.6 Å². The van der Waals surface area contributed by atoms with Crippen LogP contribution in [0.1, 0.15) is 23.6 Å². The van der Waals surface area contributed by atoms with Crippen molar-refractivity contribution < 1.29 is 9.84 Å². The molecule has 0 saturated heterocycles.